The molecule has 0 aromatic carbocycles. The number of ketones is 1. The van der Waals surface area contributed by atoms with Crippen LogP contribution in [0.2, 0.25) is 0 Å². The summed E-state index contributed by atoms with van der Waals surface area (Å²) in [5, 5.41) is 2.91. The third-order valence-electron chi connectivity index (χ3n) is 1.15. The molecular weight excluding hydrogens is 126 g/mol. The highest BCUT2D eigenvalue weighted by molar-refractivity contribution is 5.95. The number of likely N-dealkylation sites (N-methyl/N-ethyl adjacent to an activating group) is 1. The van der Waals surface area contributed by atoms with E-state index in [0.717, 1.165) is 0 Å². The zero-order valence-electron chi connectivity index (χ0n) is 6.48. The first-order chi connectivity index (χ1) is 4.72. The van der Waals surface area contributed by atoms with Crippen LogP contribution in [-0.4, -0.2) is 19.4 Å². The number of nitrogens with one attached hydrogen (secondary N) is 1. The van der Waals surface area contributed by atoms with E-state index in [0.29, 0.717) is 12.1 Å². The number of Topliss-reactive ketones (excluding diaryl/α,β-unsaturated/α-hetero) is 1. The molecular formula is C8H13NO. The maximum absolute atomic E-state index is 10.7. The molecule has 0 saturated carbocycles. The maximum atomic E-state index is 10.7. The van der Waals surface area contributed by atoms with Crippen LogP contribution in [0.3, 0.4) is 0 Å². The lowest BCUT2D eigenvalue weighted by molar-refractivity contribution is -0.113. The van der Waals surface area contributed by atoms with Crippen molar-refractivity contribution in [2.75, 3.05) is 13.6 Å². The summed E-state index contributed by atoms with van der Waals surface area (Å²) < 4.78 is 0. The molecule has 10 heavy (non-hydrogen) atoms. The van der Waals surface area contributed by atoms with Crippen molar-refractivity contribution in [2.24, 2.45) is 0 Å². The fourth-order valence-electron chi connectivity index (χ4n) is 0.583. The van der Waals surface area contributed by atoms with Gasteiger partial charge in [0.15, 0.2) is 5.78 Å². The van der Waals surface area contributed by atoms with E-state index in [1.54, 1.807) is 6.08 Å². The molecule has 0 bridgehead atoms. The van der Waals surface area contributed by atoms with Crippen LogP contribution in [0.1, 0.15) is 6.92 Å². The Hall–Kier alpha value is -0.890. The van der Waals surface area contributed by atoms with Gasteiger partial charge in [-0.15, -0.1) is 0 Å². The maximum Gasteiger partial charge on any atom is 0.159 e. The van der Waals surface area contributed by atoms with E-state index in [2.05, 4.69) is 11.9 Å². The van der Waals surface area contributed by atoms with Crippen molar-refractivity contribution < 1.29 is 4.79 Å². The number of carbonyl (C=O) groups excluding carboxylic acids is 1. The molecule has 1 N–H and O–H groups in total. The molecule has 2 nitrogen and oxygen atoms in total. The Labute approximate surface area is 61.6 Å². The van der Waals surface area contributed by atoms with Crippen LogP contribution in [0.5, 0.6) is 0 Å². The minimum Gasteiger partial charge on any atom is -0.316 e. The summed E-state index contributed by atoms with van der Waals surface area (Å²) in [4.78, 5) is 10.7. The lowest BCUT2D eigenvalue weighted by Gasteiger charge is -1.94. The fourth-order valence-corrected chi connectivity index (χ4v) is 0.583. The van der Waals surface area contributed by atoms with Gasteiger partial charge in [0.1, 0.15) is 0 Å². The second-order valence-corrected chi connectivity index (χ2v) is 1.98. The van der Waals surface area contributed by atoms with E-state index >= 15 is 0 Å². The SMILES string of the molecule is C=C/C(=C\CNC)C(C)=O. The quantitative estimate of drug-likeness (QED) is 0.463. The Morgan fingerprint density at radius 1 is 1.70 bits per heavy atom. The molecule has 56 valence electrons. The molecule has 2 heteroatoms. The van der Waals surface area contributed by atoms with Gasteiger partial charge in [0, 0.05) is 12.1 Å². The van der Waals surface area contributed by atoms with E-state index in [1.807, 2.05) is 13.1 Å². The zero-order chi connectivity index (χ0) is 7.98. The monoisotopic (exact) mass is 139 g/mol. The van der Waals surface area contributed by atoms with Crippen molar-refractivity contribution in [3.05, 3.63) is 24.3 Å². The summed E-state index contributed by atoms with van der Waals surface area (Å²) in [5.41, 5.74) is 0.675. The molecule has 0 aromatic heterocycles. The van der Waals surface area contributed by atoms with E-state index in [-0.39, 0.29) is 5.78 Å². The van der Waals surface area contributed by atoms with E-state index in [1.165, 1.54) is 6.92 Å². The molecule has 0 heterocycles. The van der Waals surface area contributed by atoms with Crippen molar-refractivity contribution in [3.63, 3.8) is 0 Å². The first kappa shape index (κ1) is 9.11. The standard InChI is InChI=1S/C8H13NO/c1-4-8(7(2)10)5-6-9-3/h4-5,9H,1,6H2,2-3H3/b8-5+. The number of hydrogen-bond donors (Lipinski definition) is 1. The van der Waals surface area contributed by atoms with Crippen molar-refractivity contribution in [3.8, 4) is 0 Å². The Morgan fingerprint density at radius 3 is 2.60 bits per heavy atom. The number of hydrogen-bond acceptors (Lipinski definition) is 2. The first-order valence-electron chi connectivity index (χ1n) is 3.20. The van der Waals surface area contributed by atoms with Gasteiger partial charge in [-0.2, -0.15) is 0 Å². The predicted molar refractivity (Wildman–Crippen MR) is 42.9 cm³/mol. The smallest absolute Gasteiger partial charge is 0.159 e. The van der Waals surface area contributed by atoms with Crippen LogP contribution >= 0.6 is 0 Å². The summed E-state index contributed by atoms with van der Waals surface area (Å²) in [7, 11) is 1.83. The van der Waals surface area contributed by atoms with Crippen LogP contribution in [0.15, 0.2) is 24.3 Å². The fraction of sp³-hybridized carbons (Fsp3) is 0.375. The molecule has 0 fully saturated rings. The third-order valence-corrected chi connectivity index (χ3v) is 1.15. The Bertz CT molecular complexity index is 159. The average Bonchev–Trinajstić information content (AvgIpc) is 1.89. The molecule has 0 radical (unpaired) electrons. The molecule has 0 aromatic rings. The minimum atomic E-state index is 0.0604. The third kappa shape index (κ3) is 3.20. The van der Waals surface area contributed by atoms with Crippen LogP contribution in [0.4, 0.5) is 0 Å². The van der Waals surface area contributed by atoms with E-state index in [4.69, 9.17) is 0 Å². The largest absolute Gasteiger partial charge is 0.316 e. The van der Waals surface area contributed by atoms with Crippen LogP contribution in [0, 0.1) is 0 Å². The molecule has 0 aliphatic rings. The summed E-state index contributed by atoms with van der Waals surface area (Å²) in [6.07, 6.45) is 3.38. The van der Waals surface area contributed by atoms with Crippen molar-refractivity contribution >= 4 is 5.78 Å². The van der Waals surface area contributed by atoms with Gasteiger partial charge in [0.25, 0.3) is 0 Å². The van der Waals surface area contributed by atoms with Crippen LogP contribution < -0.4 is 5.32 Å². The highest BCUT2D eigenvalue weighted by atomic mass is 16.1. The number of rotatable bonds is 4. The topological polar surface area (TPSA) is 29.1 Å². The van der Waals surface area contributed by atoms with Crippen molar-refractivity contribution in [1.82, 2.24) is 5.32 Å². The van der Waals surface area contributed by atoms with Crippen molar-refractivity contribution in [2.45, 2.75) is 6.92 Å². The molecule has 0 aliphatic heterocycles. The normalized spacial score (nSPS) is 11.2. The number of allylic oxidation sites excluding steroid dienone is 2. The second kappa shape index (κ2) is 4.94. The Kier molecular flexibility index (Phi) is 4.50. The second-order valence-electron chi connectivity index (χ2n) is 1.98. The summed E-state index contributed by atoms with van der Waals surface area (Å²) in [6.45, 7) is 5.76. The highest BCUT2D eigenvalue weighted by Crippen LogP contribution is 1.94. The van der Waals surface area contributed by atoms with Crippen LogP contribution in [-0.2, 0) is 4.79 Å². The van der Waals surface area contributed by atoms with Gasteiger partial charge >= 0.3 is 0 Å². The summed E-state index contributed by atoms with van der Waals surface area (Å²) >= 11 is 0. The average molecular weight is 139 g/mol. The van der Waals surface area contributed by atoms with E-state index < -0.39 is 0 Å². The van der Waals surface area contributed by atoms with Gasteiger partial charge in [-0.05, 0) is 14.0 Å². The lowest BCUT2D eigenvalue weighted by Crippen LogP contribution is -2.06. The highest BCUT2D eigenvalue weighted by Gasteiger charge is 1.94. The van der Waals surface area contributed by atoms with Gasteiger partial charge < -0.3 is 5.32 Å². The molecule has 0 rings (SSSR count). The first-order valence-corrected chi connectivity index (χ1v) is 3.20. The van der Waals surface area contributed by atoms with Crippen molar-refractivity contribution in [1.29, 1.82) is 0 Å². The molecule has 0 unspecified atom stereocenters. The zero-order valence-corrected chi connectivity index (χ0v) is 6.48. The van der Waals surface area contributed by atoms with Gasteiger partial charge in [-0.25, -0.2) is 0 Å². The van der Waals surface area contributed by atoms with Crippen LogP contribution in [0.25, 0.3) is 0 Å². The van der Waals surface area contributed by atoms with Gasteiger partial charge in [0.2, 0.25) is 0 Å². The molecule has 0 spiro atoms. The van der Waals surface area contributed by atoms with Gasteiger partial charge in [-0.3, -0.25) is 4.79 Å². The van der Waals surface area contributed by atoms with E-state index in [9.17, 15) is 4.79 Å². The molecule has 0 amide bonds. The Morgan fingerprint density at radius 2 is 2.30 bits per heavy atom. The lowest BCUT2D eigenvalue weighted by atomic mass is 10.2. The molecule has 0 saturated heterocycles. The van der Waals surface area contributed by atoms with Gasteiger partial charge in [-0.1, -0.05) is 18.7 Å². The Balaban J connectivity index is 4.04. The predicted octanol–water partition coefficient (Wildman–Crippen LogP) is 0.907. The molecule has 0 aliphatic carbocycles. The molecule has 0 atom stereocenters. The summed E-state index contributed by atoms with van der Waals surface area (Å²) in [5.74, 6) is 0.0604. The van der Waals surface area contributed by atoms with Gasteiger partial charge in [0.05, 0.1) is 0 Å². The minimum absolute atomic E-state index is 0.0604. The summed E-state index contributed by atoms with van der Waals surface area (Å²) in [6, 6.07) is 0. The number of carbonyl (C=O) groups is 1.